The predicted octanol–water partition coefficient (Wildman–Crippen LogP) is 0.902. The van der Waals surface area contributed by atoms with Crippen molar-refractivity contribution in [3.8, 4) is 5.88 Å². The molecule has 0 aliphatic rings. The Morgan fingerprint density at radius 2 is 2.00 bits per heavy atom. The molecule has 10 heavy (non-hydrogen) atoms. The Morgan fingerprint density at radius 1 is 1.30 bits per heavy atom. The molecule has 0 fully saturated rings. The van der Waals surface area contributed by atoms with Gasteiger partial charge < -0.3 is 4.74 Å². The minimum absolute atomic E-state index is 0.505. The van der Waals surface area contributed by atoms with Gasteiger partial charge in [-0.15, -0.1) is 0 Å². The zero-order chi connectivity index (χ0) is 7.56. The van der Waals surface area contributed by atoms with Crippen molar-refractivity contribution >= 4 is 0 Å². The summed E-state index contributed by atoms with van der Waals surface area (Å²) in [5, 5.41) is 0. The highest BCUT2D eigenvalue weighted by atomic mass is 16.5. The predicted molar refractivity (Wildman–Crippen MR) is 36.9 cm³/mol. The lowest BCUT2D eigenvalue weighted by molar-refractivity contribution is 0.394. The molecule has 0 aliphatic carbocycles. The average molecular weight is 137 g/mol. The van der Waals surface area contributed by atoms with Gasteiger partial charge in [0.1, 0.15) is 5.82 Å². The van der Waals surface area contributed by atoms with Crippen LogP contribution in [0.3, 0.4) is 0 Å². The molecule has 0 aromatic carbocycles. The first kappa shape index (κ1) is 6.99. The maximum absolute atomic E-state index is 4.87. The number of rotatable bonds is 1. The summed E-state index contributed by atoms with van der Waals surface area (Å²) in [6, 6.07) is 2.85. The molecule has 3 nitrogen and oxygen atoms in total. The van der Waals surface area contributed by atoms with Crippen LogP contribution in [0.15, 0.2) is 0 Å². The van der Waals surface area contributed by atoms with Crippen LogP contribution in [0.5, 0.6) is 5.88 Å². The van der Waals surface area contributed by atoms with Crippen LogP contribution in [0.4, 0.5) is 0 Å². The smallest absolute Gasteiger partial charge is 0.224 e. The highest BCUT2D eigenvalue weighted by molar-refractivity contribution is 5.12. The standard InChI is InChI=1S/C7H9N2O/c1-5-4-7(10-3)9-6(2)8-5/h1-3H3. The van der Waals surface area contributed by atoms with Gasteiger partial charge >= 0.3 is 0 Å². The third kappa shape index (κ3) is 1.43. The molecule has 1 rings (SSSR count). The van der Waals surface area contributed by atoms with Crippen LogP contribution in [0, 0.1) is 19.9 Å². The topological polar surface area (TPSA) is 35.0 Å². The SMILES string of the molecule is COc1[c]c(C)nc(C)n1. The van der Waals surface area contributed by atoms with Gasteiger partial charge in [-0.25, -0.2) is 4.98 Å². The summed E-state index contributed by atoms with van der Waals surface area (Å²) >= 11 is 0. The fourth-order valence-corrected chi connectivity index (χ4v) is 0.722. The molecule has 0 bridgehead atoms. The summed E-state index contributed by atoms with van der Waals surface area (Å²) in [7, 11) is 1.57. The van der Waals surface area contributed by atoms with Gasteiger partial charge in [-0.05, 0) is 13.8 Å². The van der Waals surface area contributed by atoms with E-state index in [2.05, 4.69) is 16.0 Å². The van der Waals surface area contributed by atoms with Crippen molar-refractivity contribution < 1.29 is 4.74 Å². The Balaban J connectivity index is 3.06. The fraction of sp³-hybridized carbons (Fsp3) is 0.429. The van der Waals surface area contributed by atoms with E-state index in [0.717, 1.165) is 5.69 Å². The van der Waals surface area contributed by atoms with E-state index in [1.54, 1.807) is 7.11 Å². The minimum Gasteiger partial charge on any atom is -0.480 e. The van der Waals surface area contributed by atoms with E-state index in [1.165, 1.54) is 0 Å². The molecular formula is C7H9N2O. The third-order valence-electron chi connectivity index (χ3n) is 1.07. The summed E-state index contributed by atoms with van der Waals surface area (Å²) in [5.74, 6) is 1.22. The van der Waals surface area contributed by atoms with Crippen molar-refractivity contribution in [1.29, 1.82) is 0 Å². The summed E-state index contributed by atoms with van der Waals surface area (Å²) in [5.41, 5.74) is 0.810. The van der Waals surface area contributed by atoms with Gasteiger partial charge in [0.25, 0.3) is 0 Å². The summed E-state index contributed by atoms with van der Waals surface area (Å²) in [6.45, 7) is 3.68. The van der Waals surface area contributed by atoms with Crippen molar-refractivity contribution in [3.05, 3.63) is 17.6 Å². The Labute approximate surface area is 60.1 Å². The Hall–Kier alpha value is -1.12. The first-order valence-corrected chi connectivity index (χ1v) is 3.01. The summed E-state index contributed by atoms with van der Waals surface area (Å²) in [4.78, 5) is 8.00. The zero-order valence-electron chi connectivity index (χ0n) is 6.30. The molecule has 0 saturated heterocycles. The lowest BCUT2D eigenvalue weighted by Crippen LogP contribution is -1.94. The van der Waals surface area contributed by atoms with Crippen LogP contribution in [-0.2, 0) is 0 Å². The lowest BCUT2D eigenvalue weighted by atomic mass is 10.4. The van der Waals surface area contributed by atoms with Gasteiger partial charge in [0, 0.05) is 0 Å². The highest BCUT2D eigenvalue weighted by Gasteiger charge is 1.96. The number of hydrogen-bond donors (Lipinski definition) is 0. The number of hydrogen-bond acceptors (Lipinski definition) is 3. The fourth-order valence-electron chi connectivity index (χ4n) is 0.722. The molecule has 0 amide bonds. The Kier molecular flexibility index (Phi) is 1.85. The molecule has 1 heterocycles. The van der Waals surface area contributed by atoms with E-state index in [1.807, 2.05) is 13.8 Å². The van der Waals surface area contributed by atoms with Gasteiger partial charge in [-0.1, -0.05) is 0 Å². The molecule has 53 valence electrons. The molecule has 1 aromatic rings. The first-order valence-electron chi connectivity index (χ1n) is 3.01. The first-order chi connectivity index (χ1) is 4.72. The molecular weight excluding hydrogens is 128 g/mol. The van der Waals surface area contributed by atoms with E-state index in [4.69, 9.17) is 4.74 Å². The number of ether oxygens (including phenoxy) is 1. The number of aromatic nitrogens is 2. The van der Waals surface area contributed by atoms with E-state index in [9.17, 15) is 0 Å². The van der Waals surface area contributed by atoms with Crippen LogP contribution in [-0.4, -0.2) is 17.1 Å². The van der Waals surface area contributed by atoms with Crippen molar-refractivity contribution in [2.45, 2.75) is 13.8 Å². The highest BCUT2D eigenvalue weighted by Crippen LogP contribution is 2.05. The van der Waals surface area contributed by atoms with Crippen molar-refractivity contribution in [1.82, 2.24) is 9.97 Å². The van der Waals surface area contributed by atoms with Gasteiger partial charge in [-0.2, -0.15) is 4.98 Å². The second-order valence-corrected chi connectivity index (χ2v) is 1.99. The molecule has 0 unspecified atom stereocenters. The number of aryl methyl sites for hydroxylation is 2. The Bertz CT molecular complexity index is 215. The normalized spacial score (nSPS) is 9.50. The van der Waals surface area contributed by atoms with E-state index < -0.39 is 0 Å². The number of methoxy groups -OCH3 is 1. The van der Waals surface area contributed by atoms with Crippen LogP contribution >= 0.6 is 0 Å². The zero-order valence-corrected chi connectivity index (χ0v) is 6.30. The molecule has 0 saturated carbocycles. The molecule has 3 heteroatoms. The minimum atomic E-state index is 0.505. The van der Waals surface area contributed by atoms with E-state index in [-0.39, 0.29) is 0 Å². The van der Waals surface area contributed by atoms with Gasteiger partial charge in [0.15, 0.2) is 0 Å². The third-order valence-corrected chi connectivity index (χ3v) is 1.07. The summed E-state index contributed by atoms with van der Waals surface area (Å²) in [6.07, 6.45) is 0. The number of nitrogens with zero attached hydrogens (tertiary/aromatic N) is 2. The van der Waals surface area contributed by atoms with E-state index in [0.29, 0.717) is 11.7 Å². The Morgan fingerprint density at radius 3 is 2.50 bits per heavy atom. The van der Waals surface area contributed by atoms with Crippen LogP contribution in [0.1, 0.15) is 11.5 Å². The van der Waals surface area contributed by atoms with Crippen molar-refractivity contribution in [2.75, 3.05) is 7.11 Å². The summed E-state index contributed by atoms with van der Waals surface area (Å²) < 4.78 is 4.87. The molecule has 0 aliphatic heterocycles. The van der Waals surface area contributed by atoms with Crippen LogP contribution in [0.25, 0.3) is 0 Å². The molecule has 0 atom stereocenters. The molecule has 1 radical (unpaired) electrons. The average Bonchev–Trinajstić information content (AvgIpc) is 1.85. The maximum atomic E-state index is 4.87. The van der Waals surface area contributed by atoms with Crippen molar-refractivity contribution in [2.24, 2.45) is 0 Å². The van der Waals surface area contributed by atoms with Crippen LogP contribution in [0.2, 0.25) is 0 Å². The lowest BCUT2D eigenvalue weighted by Gasteiger charge is -1.98. The monoisotopic (exact) mass is 137 g/mol. The molecule has 1 aromatic heterocycles. The second kappa shape index (κ2) is 2.64. The van der Waals surface area contributed by atoms with Crippen LogP contribution < -0.4 is 4.74 Å². The van der Waals surface area contributed by atoms with Crippen molar-refractivity contribution in [3.63, 3.8) is 0 Å². The maximum Gasteiger partial charge on any atom is 0.224 e. The van der Waals surface area contributed by atoms with Gasteiger partial charge in [0.2, 0.25) is 5.88 Å². The molecule has 0 N–H and O–H groups in total. The largest absolute Gasteiger partial charge is 0.480 e. The van der Waals surface area contributed by atoms with Gasteiger partial charge in [0.05, 0.1) is 18.9 Å². The molecule has 0 spiro atoms. The quantitative estimate of drug-likeness (QED) is 0.577. The second-order valence-electron chi connectivity index (χ2n) is 1.99. The van der Waals surface area contributed by atoms with E-state index >= 15 is 0 Å². The van der Waals surface area contributed by atoms with Gasteiger partial charge in [-0.3, -0.25) is 0 Å².